The van der Waals surface area contributed by atoms with Crippen molar-refractivity contribution in [2.75, 3.05) is 25.1 Å². The van der Waals surface area contributed by atoms with Crippen molar-refractivity contribution in [2.45, 2.75) is 31.5 Å². The Kier molecular flexibility index (Phi) is 4.12. The van der Waals surface area contributed by atoms with Gasteiger partial charge in [0.05, 0.1) is 25.5 Å². The van der Waals surface area contributed by atoms with E-state index in [0.29, 0.717) is 48.6 Å². The summed E-state index contributed by atoms with van der Waals surface area (Å²) >= 11 is 0. The molecule has 9 nitrogen and oxygen atoms in total. The third kappa shape index (κ3) is 3.32. The quantitative estimate of drug-likeness (QED) is 0.680. The number of hydrogen-bond acceptors (Lipinski definition) is 7. The molecule has 1 saturated heterocycles. The first-order valence-electron chi connectivity index (χ1n) is 9.13. The Hall–Kier alpha value is -2.75. The summed E-state index contributed by atoms with van der Waals surface area (Å²) in [5.74, 6) is 1.50. The lowest BCUT2D eigenvalue weighted by molar-refractivity contribution is 0.0284. The first-order valence-corrected chi connectivity index (χ1v) is 9.13. The van der Waals surface area contributed by atoms with Crippen LogP contribution in [-0.2, 0) is 4.74 Å². The zero-order valence-corrected chi connectivity index (χ0v) is 14.6. The van der Waals surface area contributed by atoms with Crippen molar-refractivity contribution in [3.05, 3.63) is 18.7 Å². The van der Waals surface area contributed by atoms with E-state index < -0.39 is 6.17 Å². The number of hydrogen-bond donors (Lipinski definition) is 2. The van der Waals surface area contributed by atoms with Gasteiger partial charge in [-0.2, -0.15) is 14.6 Å². The maximum Gasteiger partial charge on any atom is 0.243 e. The van der Waals surface area contributed by atoms with E-state index in [-0.39, 0.29) is 12.6 Å². The second-order valence-corrected chi connectivity index (χ2v) is 7.00. The molecular formula is C17H20FN7O2. The van der Waals surface area contributed by atoms with E-state index in [1.54, 1.807) is 23.2 Å². The fourth-order valence-electron chi connectivity index (χ4n) is 3.13. The number of ether oxygens (including phenoxy) is 2. The summed E-state index contributed by atoms with van der Waals surface area (Å²) in [6, 6.07) is -0.367. The van der Waals surface area contributed by atoms with Crippen LogP contribution in [-0.4, -0.2) is 61.8 Å². The molecule has 2 fully saturated rings. The van der Waals surface area contributed by atoms with Crippen LogP contribution in [0.25, 0.3) is 16.9 Å². The summed E-state index contributed by atoms with van der Waals surface area (Å²) in [6.45, 7) is 1.23. The Labute approximate surface area is 154 Å². The molecule has 2 aliphatic rings. The van der Waals surface area contributed by atoms with Gasteiger partial charge in [-0.25, -0.2) is 9.37 Å². The average Bonchev–Trinajstić information content (AvgIpc) is 3.16. The third-order valence-corrected chi connectivity index (χ3v) is 4.88. The third-order valence-electron chi connectivity index (χ3n) is 4.88. The van der Waals surface area contributed by atoms with Gasteiger partial charge in [-0.05, 0) is 25.2 Å². The Morgan fingerprint density at radius 3 is 3.07 bits per heavy atom. The smallest absolute Gasteiger partial charge is 0.243 e. The average molecular weight is 373 g/mol. The number of halogens is 1. The van der Waals surface area contributed by atoms with Gasteiger partial charge < -0.3 is 14.8 Å². The van der Waals surface area contributed by atoms with E-state index in [1.807, 2.05) is 0 Å². The van der Waals surface area contributed by atoms with Gasteiger partial charge in [-0.3, -0.25) is 5.10 Å². The van der Waals surface area contributed by atoms with Crippen LogP contribution in [0.5, 0.6) is 5.75 Å². The normalized spacial score (nSPS) is 22.9. The molecular weight excluding hydrogens is 353 g/mol. The zero-order chi connectivity index (χ0) is 18.2. The van der Waals surface area contributed by atoms with Gasteiger partial charge in [0, 0.05) is 18.4 Å². The van der Waals surface area contributed by atoms with Gasteiger partial charge in [0.1, 0.15) is 18.2 Å². The number of alkyl halides is 1. The Morgan fingerprint density at radius 2 is 2.30 bits per heavy atom. The predicted octanol–water partition coefficient (Wildman–Crippen LogP) is 1.84. The van der Waals surface area contributed by atoms with Crippen LogP contribution in [0.4, 0.5) is 10.3 Å². The number of aromatic nitrogens is 6. The van der Waals surface area contributed by atoms with E-state index in [9.17, 15) is 4.39 Å². The van der Waals surface area contributed by atoms with Crippen molar-refractivity contribution in [2.24, 2.45) is 5.92 Å². The van der Waals surface area contributed by atoms with Crippen molar-refractivity contribution < 1.29 is 13.9 Å². The summed E-state index contributed by atoms with van der Waals surface area (Å²) in [5.41, 5.74) is 2.02. The molecule has 0 bridgehead atoms. The second kappa shape index (κ2) is 6.76. The summed E-state index contributed by atoms with van der Waals surface area (Å²) in [4.78, 5) is 9.02. The molecule has 0 amide bonds. The van der Waals surface area contributed by atoms with Crippen molar-refractivity contribution in [3.63, 3.8) is 0 Å². The van der Waals surface area contributed by atoms with E-state index in [1.165, 1.54) is 12.8 Å². The molecule has 2 N–H and O–H groups in total. The van der Waals surface area contributed by atoms with Gasteiger partial charge >= 0.3 is 0 Å². The minimum absolute atomic E-state index is 0.0903. The number of anilines is 1. The lowest BCUT2D eigenvalue weighted by atomic mass is 10.1. The van der Waals surface area contributed by atoms with Crippen LogP contribution < -0.4 is 10.1 Å². The Bertz CT molecular complexity index is 925. The predicted molar refractivity (Wildman–Crippen MR) is 94.3 cm³/mol. The number of fused-ring (bicyclic) bond motifs is 1. The number of nitrogens with one attached hydrogen (secondary N) is 2. The Morgan fingerprint density at radius 1 is 1.37 bits per heavy atom. The summed E-state index contributed by atoms with van der Waals surface area (Å²) in [5, 5.41) is 14.2. The number of H-pyrrole nitrogens is 1. The molecule has 5 rings (SSSR count). The van der Waals surface area contributed by atoms with Crippen LogP contribution in [0.15, 0.2) is 18.7 Å². The van der Waals surface area contributed by atoms with Crippen LogP contribution in [0.1, 0.15) is 19.3 Å². The molecule has 0 aromatic carbocycles. The highest BCUT2D eigenvalue weighted by Crippen LogP contribution is 2.35. The van der Waals surface area contributed by atoms with Crippen molar-refractivity contribution in [3.8, 4) is 17.0 Å². The SMILES string of the molecule is F[C@@H]1COCC[C@@H]1Nc1nc2c(OCC3CC3)c(-c3cn[nH]c3)ncn2n1. The molecule has 142 valence electrons. The van der Waals surface area contributed by atoms with Crippen molar-refractivity contribution in [1.82, 2.24) is 29.8 Å². The largest absolute Gasteiger partial charge is 0.487 e. The topological polar surface area (TPSA) is 102 Å². The number of aromatic amines is 1. The van der Waals surface area contributed by atoms with Crippen LogP contribution in [0.3, 0.4) is 0 Å². The Balaban J connectivity index is 1.49. The molecule has 1 saturated carbocycles. The molecule has 0 unspecified atom stereocenters. The van der Waals surface area contributed by atoms with Gasteiger partial charge in [0.15, 0.2) is 5.75 Å². The maximum absolute atomic E-state index is 14.0. The standard InChI is InChI=1S/C17H20FN7O2/c18-12-8-26-4-3-13(12)22-17-23-16-15(27-7-10-1-2-10)14(11-5-20-21-6-11)19-9-25(16)24-17/h5-6,9-10,12-13H,1-4,7-8H2,(H,20,21)(H,22,24)/t12-,13+/m1/s1. The van der Waals surface area contributed by atoms with E-state index in [2.05, 4.69) is 30.6 Å². The fraction of sp³-hybridized carbons (Fsp3) is 0.529. The number of rotatable bonds is 6. The monoisotopic (exact) mass is 373 g/mol. The fourth-order valence-corrected chi connectivity index (χ4v) is 3.13. The van der Waals surface area contributed by atoms with E-state index in [0.717, 1.165) is 5.56 Å². The molecule has 0 spiro atoms. The molecule has 1 aliphatic heterocycles. The van der Waals surface area contributed by atoms with Crippen LogP contribution >= 0.6 is 0 Å². The highest BCUT2D eigenvalue weighted by molar-refractivity contribution is 5.73. The lowest BCUT2D eigenvalue weighted by Crippen LogP contribution is -2.39. The molecule has 27 heavy (non-hydrogen) atoms. The van der Waals surface area contributed by atoms with Gasteiger partial charge in [-0.15, -0.1) is 5.10 Å². The molecule has 3 aromatic rings. The van der Waals surface area contributed by atoms with E-state index in [4.69, 9.17) is 9.47 Å². The first-order chi connectivity index (χ1) is 13.3. The minimum Gasteiger partial charge on any atom is -0.487 e. The molecule has 2 atom stereocenters. The van der Waals surface area contributed by atoms with Crippen LogP contribution in [0, 0.1) is 5.92 Å². The van der Waals surface area contributed by atoms with Crippen LogP contribution in [0.2, 0.25) is 0 Å². The van der Waals surface area contributed by atoms with E-state index >= 15 is 0 Å². The first kappa shape index (κ1) is 16.4. The van der Waals surface area contributed by atoms with Crippen molar-refractivity contribution in [1.29, 1.82) is 0 Å². The maximum atomic E-state index is 14.0. The highest BCUT2D eigenvalue weighted by atomic mass is 19.1. The molecule has 3 aromatic heterocycles. The van der Waals surface area contributed by atoms with Gasteiger partial charge in [0.2, 0.25) is 11.6 Å². The summed E-state index contributed by atoms with van der Waals surface area (Å²) in [7, 11) is 0. The second-order valence-electron chi connectivity index (χ2n) is 7.00. The van der Waals surface area contributed by atoms with Crippen molar-refractivity contribution >= 4 is 11.6 Å². The lowest BCUT2D eigenvalue weighted by Gasteiger charge is -2.26. The molecule has 1 aliphatic carbocycles. The molecule has 0 radical (unpaired) electrons. The number of nitrogens with zero attached hydrogens (tertiary/aromatic N) is 5. The summed E-state index contributed by atoms with van der Waals surface area (Å²) < 4.78 is 26.8. The highest BCUT2D eigenvalue weighted by Gasteiger charge is 2.28. The van der Waals surface area contributed by atoms with Gasteiger partial charge in [-0.1, -0.05) is 0 Å². The van der Waals surface area contributed by atoms with Gasteiger partial charge in [0.25, 0.3) is 0 Å². The summed E-state index contributed by atoms with van der Waals surface area (Å²) in [6.07, 6.45) is 6.87. The molecule has 10 heteroatoms. The zero-order valence-electron chi connectivity index (χ0n) is 14.6. The minimum atomic E-state index is -1.09. The molecule has 4 heterocycles.